The van der Waals surface area contributed by atoms with Crippen molar-refractivity contribution in [3.63, 3.8) is 0 Å². The number of hydrogen-bond donors (Lipinski definition) is 1. The molecule has 0 amide bonds. The van der Waals surface area contributed by atoms with Gasteiger partial charge < -0.3 is 19.3 Å². The summed E-state index contributed by atoms with van der Waals surface area (Å²) in [4.78, 5) is 25.9. The first-order chi connectivity index (χ1) is 18.9. The van der Waals surface area contributed by atoms with Crippen molar-refractivity contribution >= 4 is 34.4 Å². The molecule has 6 rings (SSSR count). The molecule has 8 nitrogen and oxygen atoms in total. The van der Waals surface area contributed by atoms with E-state index in [1.165, 1.54) is 6.07 Å². The minimum absolute atomic E-state index is 0.131. The number of anilines is 1. The van der Waals surface area contributed by atoms with E-state index in [1.807, 2.05) is 18.2 Å². The minimum Gasteiger partial charge on any atom is -0.478 e. The topological polar surface area (TPSA) is 83.7 Å². The van der Waals surface area contributed by atoms with E-state index in [1.54, 1.807) is 30.3 Å². The van der Waals surface area contributed by atoms with E-state index in [2.05, 4.69) is 14.4 Å². The summed E-state index contributed by atoms with van der Waals surface area (Å²) in [5, 5.41) is 9.86. The highest BCUT2D eigenvalue weighted by atomic mass is 35.5. The highest BCUT2D eigenvalue weighted by molar-refractivity contribution is 6.30. The predicted molar refractivity (Wildman–Crippen MR) is 147 cm³/mol. The van der Waals surface area contributed by atoms with E-state index < -0.39 is 5.97 Å². The molecule has 0 aliphatic carbocycles. The molecule has 202 valence electrons. The highest BCUT2D eigenvalue weighted by Crippen LogP contribution is 2.24. The number of piperazine rings is 1. The van der Waals surface area contributed by atoms with Crippen LogP contribution < -0.4 is 4.90 Å². The number of aromatic nitrogens is 3. The van der Waals surface area contributed by atoms with Crippen molar-refractivity contribution in [2.45, 2.75) is 32.0 Å². The zero-order valence-electron chi connectivity index (χ0n) is 21.4. The van der Waals surface area contributed by atoms with Gasteiger partial charge in [-0.15, -0.1) is 0 Å². The molecule has 0 spiro atoms. The van der Waals surface area contributed by atoms with Crippen LogP contribution in [0.1, 0.15) is 33.9 Å². The first kappa shape index (κ1) is 25.7. The van der Waals surface area contributed by atoms with E-state index in [-0.39, 0.29) is 17.5 Å². The number of carboxylic acids is 1. The van der Waals surface area contributed by atoms with E-state index in [4.69, 9.17) is 26.3 Å². The number of fused-ring (bicyclic) bond motifs is 1. The Morgan fingerprint density at radius 1 is 1.08 bits per heavy atom. The lowest BCUT2D eigenvalue weighted by Crippen LogP contribution is -2.46. The van der Waals surface area contributed by atoms with Crippen molar-refractivity contribution in [3.05, 3.63) is 88.1 Å². The zero-order valence-corrected chi connectivity index (χ0v) is 22.1. The molecule has 10 heteroatoms. The Morgan fingerprint density at radius 2 is 1.90 bits per heavy atom. The van der Waals surface area contributed by atoms with Gasteiger partial charge in [-0.2, -0.15) is 0 Å². The van der Waals surface area contributed by atoms with Crippen molar-refractivity contribution in [3.8, 4) is 0 Å². The van der Waals surface area contributed by atoms with Gasteiger partial charge in [-0.1, -0.05) is 23.7 Å². The maximum Gasteiger partial charge on any atom is 0.335 e. The second-order valence-corrected chi connectivity index (χ2v) is 10.5. The molecule has 4 heterocycles. The standard InChI is InChI=1S/C29H29ClFN5O3/c30-21-6-4-19(24(31)16-21)14-22-2-1-3-27(32-22)35-11-9-34(10-12-35)18-28-33-25-7-5-20(29(37)38)15-26(25)36(28)17-23-8-13-39-23/h1-7,15-16,23H,8-14,17-18H2,(H,37,38)/t23-/m0/s1. The van der Waals surface area contributed by atoms with E-state index in [9.17, 15) is 14.3 Å². The summed E-state index contributed by atoms with van der Waals surface area (Å²) >= 11 is 5.89. The summed E-state index contributed by atoms with van der Waals surface area (Å²) in [6, 6.07) is 15.7. The van der Waals surface area contributed by atoms with Gasteiger partial charge in [-0.05, 0) is 54.4 Å². The van der Waals surface area contributed by atoms with Crippen LogP contribution in [0.3, 0.4) is 0 Å². The average molecular weight is 550 g/mol. The number of imidazole rings is 1. The Kier molecular flexibility index (Phi) is 7.20. The monoisotopic (exact) mass is 549 g/mol. The molecule has 2 aromatic carbocycles. The average Bonchev–Trinajstić information content (AvgIpc) is 3.24. The molecule has 0 saturated carbocycles. The normalized spacial score (nSPS) is 17.9. The molecule has 2 aliphatic heterocycles. The Balaban J connectivity index is 1.14. The number of hydrogen-bond acceptors (Lipinski definition) is 6. The van der Waals surface area contributed by atoms with Crippen molar-refractivity contribution < 1.29 is 19.0 Å². The fourth-order valence-electron chi connectivity index (χ4n) is 5.20. The van der Waals surface area contributed by atoms with Crippen LogP contribution in [0.5, 0.6) is 0 Å². The third-order valence-corrected chi connectivity index (χ3v) is 7.73. The van der Waals surface area contributed by atoms with Gasteiger partial charge in [-0.25, -0.2) is 19.2 Å². The van der Waals surface area contributed by atoms with Crippen LogP contribution in [-0.4, -0.2) is 69.4 Å². The van der Waals surface area contributed by atoms with Crippen LogP contribution in [0.15, 0.2) is 54.6 Å². The molecule has 0 unspecified atom stereocenters. The van der Waals surface area contributed by atoms with E-state index in [0.29, 0.717) is 30.1 Å². The van der Waals surface area contributed by atoms with Crippen LogP contribution in [0, 0.1) is 5.82 Å². The van der Waals surface area contributed by atoms with Crippen LogP contribution in [0.25, 0.3) is 11.0 Å². The Hall–Kier alpha value is -3.53. The number of carboxylic acid groups (broad SMARTS) is 1. The molecule has 2 saturated heterocycles. The Bertz CT molecular complexity index is 1510. The number of ether oxygens (including phenoxy) is 1. The molecule has 0 bridgehead atoms. The highest BCUT2D eigenvalue weighted by Gasteiger charge is 2.25. The summed E-state index contributed by atoms with van der Waals surface area (Å²) in [5.74, 6) is 0.536. The Labute approximate surface area is 230 Å². The molecule has 4 aromatic rings. The fraction of sp³-hybridized carbons (Fsp3) is 0.345. The summed E-state index contributed by atoms with van der Waals surface area (Å²) in [7, 11) is 0. The van der Waals surface area contributed by atoms with Gasteiger partial charge in [-0.3, -0.25) is 4.90 Å². The number of benzene rings is 2. The molecular formula is C29H29ClFN5O3. The molecule has 1 N–H and O–H groups in total. The minimum atomic E-state index is -0.946. The summed E-state index contributed by atoms with van der Waals surface area (Å²) in [6.07, 6.45) is 1.53. The lowest BCUT2D eigenvalue weighted by Gasteiger charge is -2.35. The predicted octanol–water partition coefficient (Wildman–Crippen LogP) is 4.62. The van der Waals surface area contributed by atoms with Crippen molar-refractivity contribution in [1.29, 1.82) is 0 Å². The molecule has 1 atom stereocenters. The van der Waals surface area contributed by atoms with Gasteiger partial charge in [0, 0.05) is 49.9 Å². The van der Waals surface area contributed by atoms with Gasteiger partial charge in [0.25, 0.3) is 0 Å². The van der Waals surface area contributed by atoms with Crippen molar-refractivity contribution in [1.82, 2.24) is 19.4 Å². The quantitative estimate of drug-likeness (QED) is 0.343. The van der Waals surface area contributed by atoms with Crippen LogP contribution in [0.4, 0.5) is 10.2 Å². The molecular weight excluding hydrogens is 521 g/mol. The number of aromatic carboxylic acids is 1. The van der Waals surface area contributed by atoms with Crippen molar-refractivity contribution in [2.24, 2.45) is 0 Å². The largest absolute Gasteiger partial charge is 0.478 e. The fourth-order valence-corrected chi connectivity index (χ4v) is 5.36. The van der Waals surface area contributed by atoms with E-state index >= 15 is 0 Å². The zero-order chi connectivity index (χ0) is 26.9. The second kappa shape index (κ2) is 10.9. The maximum absolute atomic E-state index is 14.3. The summed E-state index contributed by atoms with van der Waals surface area (Å²) in [5.41, 5.74) is 3.26. The third-order valence-electron chi connectivity index (χ3n) is 7.49. The number of rotatable bonds is 8. The van der Waals surface area contributed by atoms with Gasteiger partial charge in [0.2, 0.25) is 0 Å². The van der Waals surface area contributed by atoms with Gasteiger partial charge >= 0.3 is 5.97 Å². The second-order valence-electron chi connectivity index (χ2n) is 10.1. The molecule has 0 radical (unpaired) electrons. The number of carbonyl (C=O) groups is 1. The molecule has 2 aliphatic rings. The van der Waals surface area contributed by atoms with Crippen LogP contribution in [0.2, 0.25) is 5.02 Å². The van der Waals surface area contributed by atoms with Gasteiger partial charge in [0.1, 0.15) is 17.5 Å². The smallest absolute Gasteiger partial charge is 0.335 e. The lowest BCUT2D eigenvalue weighted by atomic mass is 10.1. The molecule has 2 aromatic heterocycles. The Morgan fingerprint density at radius 3 is 2.62 bits per heavy atom. The molecule has 2 fully saturated rings. The first-order valence-electron chi connectivity index (χ1n) is 13.1. The first-order valence-corrected chi connectivity index (χ1v) is 13.5. The van der Waals surface area contributed by atoms with Crippen LogP contribution in [-0.2, 0) is 24.2 Å². The van der Waals surface area contributed by atoms with E-state index in [0.717, 1.165) is 67.6 Å². The lowest BCUT2D eigenvalue weighted by molar-refractivity contribution is -0.0592. The molecule has 39 heavy (non-hydrogen) atoms. The number of nitrogens with zero attached hydrogens (tertiary/aromatic N) is 5. The van der Waals surface area contributed by atoms with Crippen molar-refractivity contribution in [2.75, 3.05) is 37.7 Å². The SMILES string of the molecule is O=C(O)c1ccc2nc(CN3CCN(c4cccc(Cc5ccc(Cl)cc5F)n4)CC3)n(C[C@@H]3CCO3)c2c1. The number of halogens is 2. The summed E-state index contributed by atoms with van der Waals surface area (Å²) in [6.45, 7) is 5.38. The van der Waals surface area contributed by atoms with Crippen LogP contribution >= 0.6 is 11.6 Å². The maximum atomic E-state index is 14.3. The van der Waals surface area contributed by atoms with Gasteiger partial charge in [0.05, 0.1) is 35.8 Å². The third kappa shape index (κ3) is 5.61. The van der Waals surface area contributed by atoms with Gasteiger partial charge in [0.15, 0.2) is 0 Å². The summed E-state index contributed by atoms with van der Waals surface area (Å²) < 4.78 is 22.1. The number of pyridine rings is 1.